The van der Waals surface area contributed by atoms with Gasteiger partial charge in [0.05, 0.1) is 18.2 Å². The number of aliphatic hydroxyl groups is 1. The van der Waals surface area contributed by atoms with Gasteiger partial charge in [-0.15, -0.1) is 0 Å². The van der Waals surface area contributed by atoms with Gasteiger partial charge in [-0.05, 0) is 54.8 Å². The molecule has 0 aliphatic carbocycles. The maximum Gasteiger partial charge on any atom is 0.295 e. The molecule has 3 rings (SSSR count). The van der Waals surface area contributed by atoms with E-state index in [-0.39, 0.29) is 11.3 Å². The molecule has 1 saturated heterocycles. The van der Waals surface area contributed by atoms with Crippen molar-refractivity contribution in [3.63, 3.8) is 0 Å². The monoisotopic (exact) mass is 449 g/mol. The van der Waals surface area contributed by atoms with Crippen molar-refractivity contribution in [2.75, 3.05) is 19.8 Å². The van der Waals surface area contributed by atoms with Crippen molar-refractivity contribution >= 4 is 17.4 Å². The predicted molar refractivity (Wildman–Crippen MR) is 128 cm³/mol. The molecule has 2 aromatic carbocycles. The minimum Gasteiger partial charge on any atom is -0.507 e. The third-order valence-corrected chi connectivity index (χ3v) is 5.43. The molecule has 1 N–H and O–H groups in total. The average Bonchev–Trinajstić information content (AvgIpc) is 3.09. The highest BCUT2D eigenvalue weighted by molar-refractivity contribution is 6.46. The number of amides is 1. The molecule has 1 aliphatic heterocycles. The summed E-state index contributed by atoms with van der Waals surface area (Å²) >= 11 is 0. The number of carbonyl (C=O) groups is 2. The number of hydrogen-bond acceptors (Lipinski definition) is 5. The van der Waals surface area contributed by atoms with E-state index >= 15 is 0 Å². The topological polar surface area (TPSA) is 76.1 Å². The highest BCUT2D eigenvalue weighted by Crippen LogP contribution is 2.40. The number of ether oxygens (including phenoxy) is 2. The van der Waals surface area contributed by atoms with Gasteiger partial charge in [0.2, 0.25) is 0 Å². The van der Waals surface area contributed by atoms with Crippen LogP contribution in [0.4, 0.5) is 0 Å². The van der Waals surface area contributed by atoms with Gasteiger partial charge in [0.1, 0.15) is 23.9 Å². The first-order valence-electron chi connectivity index (χ1n) is 11.4. The molecule has 0 saturated carbocycles. The normalized spacial score (nSPS) is 17.3. The summed E-state index contributed by atoms with van der Waals surface area (Å²) in [5.41, 5.74) is 1.24. The minimum absolute atomic E-state index is 0.0826. The van der Waals surface area contributed by atoms with Gasteiger partial charge in [0, 0.05) is 12.1 Å². The van der Waals surface area contributed by atoms with Crippen LogP contribution in [0.1, 0.15) is 50.3 Å². The Labute approximate surface area is 195 Å². The van der Waals surface area contributed by atoms with Crippen molar-refractivity contribution in [1.82, 2.24) is 4.90 Å². The van der Waals surface area contributed by atoms with Crippen molar-refractivity contribution in [2.45, 2.75) is 39.2 Å². The Bertz CT molecular complexity index is 1030. The van der Waals surface area contributed by atoms with Crippen LogP contribution in [-0.4, -0.2) is 41.5 Å². The van der Waals surface area contributed by atoms with Gasteiger partial charge in [0.25, 0.3) is 11.7 Å². The molecule has 1 amide bonds. The number of Topliss-reactive ketones (excluding diaryl/α,β-unsaturated/α-hetero) is 1. The van der Waals surface area contributed by atoms with Gasteiger partial charge in [-0.2, -0.15) is 0 Å². The average molecular weight is 450 g/mol. The second-order valence-electron chi connectivity index (χ2n) is 7.89. The first kappa shape index (κ1) is 24.1. The summed E-state index contributed by atoms with van der Waals surface area (Å²) in [6.07, 6.45) is 4.16. The van der Waals surface area contributed by atoms with Gasteiger partial charge >= 0.3 is 0 Å². The standard InChI is InChI=1S/C27H31NO5/c1-4-7-15-28-24(20-9-8-10-22(18-20)33-17-6-3)23(26(30)27(28)31)25(29)19-11-13-21(14-12-19)32-16-5-2/h6,8-14,18,24,29H,3-5,7,15-17H2,1-2H3/b25-23-. The lowest BCUT2D eigenvalue weighted by atomic mass is 9.95. The SMILES string of the molecule is C=CCOc1cccc(C2/C(=C(/O)c3ccc(OCCC)cc3)C(=O)C(=O)N2CCCC)c1. The summed E-state index contributed by atoms with van der Waals surface area (Å²) in [5, 5.41) is 11.2. The number of likely N-dealkylation sites (tertiary alicyclic amines) is 1. The van der Waals surface area contributed by atoms with Crippen molar-refractivity contribution < 1.29 is 24.2 Å². The van der Waals surface area contributed by atoms with E-state index in [9.17, 15) is 14.7 Å². The van der Waals surface area contributed by atoms with Crippen molar-refractivity contribution in [3.8, 4) is 11.5 Å². The molecule has 1 atom stereocenters. The lowest BCUT2D eigenvalue weighted by molar-refractivity contribution is -0.139. The van der Waals surface area contributed by atoms with Crippen LogP contribution in [-0.2, 0) is 9.59 Å². The zero-order chi connectivity index (χ0) is 23.8. The summed E-state index contributed by atoms with van der Waals surface area (Å²) in [7, 11) is 0. The third kappa shape index (κ3) is 5.45. The van der Waals surface area contributed by atoms with Gasteiger partial charge < -0.3 is 19.5 Å². The van der Waals surface area contributed by atoms with Crippen molar-refractivity contribution in [1.29, 1.82) is 0 Å². The molecule has 33 heavy (non-hydrogen) atoms. The summed E-state index contributed by atoms with van der Waals surface area (Å²) < 4.78 is 11.3. The zero-order valence-electron chi connectivity index (χ0n) is 19.3. The minimum atomic E-state index is -0.695. The maximum atomic E-state index is 13.1. The number of unbranched alkanes of at least 4 members (excludes halogenated alkanes) is 1. The Morgan fingerprint density at radius 1 is 1.06 bits per heavy atom. The molecule has 0 bridgehead atoms. The Morgan fingerprint density at radius 2 is 1.82 bits per heavy atom. The van der Waals surface area contributed by atoms with Gasteiger partial charge in [0.15, 0.2) is 0 Å². The van der Waals surface area contributed by atoms with Crippen LogP contribution >= 0.6 is 0 Å². The van der Waals surface area contributed by atoms with Crippen LogP contribution in [0, 0.1) is 0 Å². The molecule has 1 heterocycles. The fourth-order valence-corrected chi connectivity index (χ4v) is 3.80. The Hall–Kier alpha value is -3.54. The molecule has 0 radical (unpaired) electrons. The van der Waals surface area contributed by atoms with Crippen LogP contribution in [0.25, 0.3) is 5.76 Å². The molecule has 6 heteroatoms. The molecule has 2 aromatic rings. The molecule has 1 aliphatic rings. The molecular formula is C27H31NO5. The number of aliphatic hydroxyl groups excluding tert-OH is 1. The number of rotatable bonds is 11. The highest BCUT2D eigenvalue weighted by atomic mass is 16.5. The third-order valence-electron chi connectivity index (χ3n) is 5.43. The Balaban J connectivity index is 2.05. The van der Waals surface area contributed by atoms with Crippen LogP contribution in [0.2, 0.25) is 0 Å². The number of hydrogen-bond donors (Lipinski definition) is 1. The van der Waals surface area contributed by atoms with E-state index in [2.05, 4.69) is 6.58 Å². The number of nitrogens with zero attached hydrogens (tertiary/aromatic N) is 1. The smallest absolute Gasteiger partial charge is 0.295 e. The molecule has 0 aromatic heterocycles. The second-order valence-corrected chi connectivity index (χ2v) is 7.89. The summed E-state index contributed by atoms with van der Waals surface area (Å²) in [4.78, 5) is 27.5. The molecular weight excluding hydrogens is 418 g/mol. The van der Waals surface area contributed by atoms with E-state index < -0.39 is 17.7 Å². The molecule has 1 fully saturated rings. The van der Waals surface area contributed by atoms with Gasteiger partial charge in [-0.3, -0.25) is 9.59 Å². The Kier molecular flexibility index (Phi) is 8.30. The van der Waals surface area contributed by atoms with E-state index in [0.717, 1.165) is 19.3 Å². The quantitative estimate of drug-likeness (QED) is 0.219. The lowest BCUT2D eigenvalue weighted by Crippen LogP contribution is -2.30. The van der Waals surface area contributed by atoms with E-state index in [4.69, 9.17) is 9.47 Å². The maximum absolute atomic E-state index is 13.1. The summed E-state index contributed by atoms with van der Waals surface area (Å²) in [6, 6.07) is 13.4. The largest absolute Gasteiger partial charge is 0.507 e. The lowest BCUT2D eigenvalue weighted by Gasteiger charge is -2.25. The fourth-order valence-electron chi connectivity index (χ4n) is 3.80. The summed E-state index contributed by atoms with van der Waals surface area (Å²) in [6.45, 7) is 9.06. The first-order chi connectivity index (χ1) is 16.0. The number of ketones is 1. The second kappa shape index (κ2) is 11.4. The van der Waals surface area contributed by atoms with Crippen LogP contribution in [0.15, 0.2) is 66.8 Å². The molecule has 6 nitrogen and oxygen atoms in total. The molecule has 0 spiro atoms. The van der Waals surface area contributed by atoms with E-state index in [1.165, 1.54) is 0 Å². The van der Waals surface area contributed by atoms with Gasteiger partial charge in [-0.25, -0.2) is 0 Å². The highest BCUT2D eigenvalue weighted by Gasteiger charge is 2.45. The van der Waals surface area contributed by atoms with E-state index in [1.807, 2.05) is 26.0 Å². The first-order valence-corrected chi connectivity index (χ1v) is 11.4. The van der Waals surface area contributed by atoms with E-state index in [1.54, 1.807) is 47.4 Å². The Morgan fingerprint density at radius 3 is 2.48 bits per heavy atom. The van der Waals surface area contributed by atoms with E-state index in [0.29, 0.717) is 42.4 Å². The molecule has 174 valence electrons. The molecule has 1 unspecified atom stereocenters. The zero-order valence-corrected chi connectivity index (χ0v) is 19.3. The fraction of sp³-hybridized carbons (Fsp3) is 0.333. The van der Waals surface area contributed by atoms with Crippen LogP contribution in [0.3, 0.4) is 0 Å². The van der Waals surface area contributed by atoms with Crippen LogP contribution in [0.5, 0.6) is 11.5 Å². The number of benzene rings is 2. The van der Waals surface area contributed by atoms with Crippen molar-refractivity contribution in [2.24, 2.45) is 0 Å². The summed E-state index contributed by atoms with van der Waals surface area (Å²) in [5.74, 6) is -0.198. The number of carbonyl (C=O) groups excluding carboxylic acids is 2. The van der Waals surface area contributed by atoms with Crippen molar-refractivity contribution in [3.05, 3.63) is 77.9 Å². The van der Waals surface area contributed by atoms with Gasteiger partial charge in [-0.1, -0.05) is 45.1 Å². The van der Waals surface area contributed by atoms with Crippen LogP contribution < -0.4 is 9.47 Å². The predicted octanol–water partition coefficient (Wildman–Crippen LogP) is 5.26.